The van der Waals surface area contributed by atoms with Gasteiger partial charge in [0.2, 0.25) is 0 Å². The fourth-order valence-corrected chi connectivity index (χ4v) is 3.47. The largest absolute Gasteiger partial charge is 0.506 e. The number of aryl methyl sites for hydroxylation is 1. The lowest BCUT2D eigenvalue weighted by Crippen LogP contribution is -2.29. The lowest BCUT2D eigenvalue weighted by molar-refractivity contribution is 0.102. The number of hydrogen-bond donors (Lipinski definition) is 2. The molecule has 4 rings (SSSR count). The maximum absolute atomic E-state index is 13.4. The van der Waals surface area contributed by atoms with Crippen molar-refractivity contribution >= 4 is 22.6 Å². The molecule has 0 radical (unpaired) electrons. The van der Waals surface area contributed by atoms with Crippen LogP contribution in [-0.2, 0) is 0 Å². The Balaban J connectivity index is 1.95. The summed E-state index contributed by atoms with van der Waals surface area (Å²) in [4.78, 5) is 30.9. The first-order valence-corrected chi connectivity index (χ1v) is 9.67. The molecule has 7 heteroatoms. The van der Waals surface area contributed by atoms with E-state index >= 15 is 0 Å². The molecule has 0 saturated heterocycles. The second-order valence-corrected chi connectivity index (χ2v) is 7.14. The van der Waals surface area contributed by atoms with Crippen molar-refractivity contribution < 1.29 is 14.6 Å². The number of carbonyl (C=O) groups excluding carboxylic acids is 1. The second-order valence-electron chi connectivity index (χ2n) is 7.14. The number of anilines is 1. The molecule has 0 atom stereocenters. The fourth-order valence-electron chi connectivity index (χ4n) is 3.47. The monoisotopic (exact) mass is 415 g/mol. The van der Waals surface area contributed by atoms with Gasteiger partial charge in [0.25, 0.3) is 11.5 Å². The van der Waals surface area contributed by atoms with Gasteiger partial charge in [-0.25, -0.2) is 4.98 Å². The molecule has 2 aromatic heterocycles. The van der Waals surface area contributed by atoms with E-state index in [4.69, 9.17) is 4.74 Å². The van der Waals surface area contributed by atoms with Crippen molar-refractivity contribution in [3.05, 3.63) is 87.8 Å². The molecule has 156 valence electrons. The van der Waals surface area contributed by atoms with Gasteiger partial charge >= 0.3 is 0 Å². The number of ether oxygens (including phenoxy) is 1. The summed E-state index contributed by atoms with van der Waals surface area (Å²) < 4.78 is 6.57. The Kier molecular flexibility index (Phi) is 5.17. The van der Waals surface area contributed by atoms with Gasteiger partial charge in [-0.2, -0.15) is 0 Å². The number of amides is 1. The van der Waals surface area contributed by atoms with Gasteiger partial charge in [0.15, 0.2) is 5.65 Å². The summed E-state index contributed by atoms with van der Waals surface area (Å²) in [7, 11) is 1.53. The summed E-state index contributed by atoms with van der Waals surface area (Å²) in [6.07, 6.45) is 1.52. The standard InChI is InChI=1S/C24H21N3O4/c1-14-7-4-11-19(15(14)2)26-23(29)20-21(28)18-10-6-12-25-22(18)27(24(20)30)16-8-5-9-17(13-16)31-3/h4-13,28H,1-3H3,(H,26,29). The minimum atomic E-state index is -0.696. The molecule has 4 aromatic rings. The Morgan fingerprint density at radius 2 is 1.87 bits per heavy atom. The number of nitrogens with zero attached hydrogens (tertiary/aromatic N) is 2. The molecule has 0 aliphatic rings. The van der Waals surface area contributed by atoms with Crippen LogP contribution < -0.4 is 15.6 Å². The first-order valence-electron chi connectivity index (χ1n) is 9.67. The molecule has 0 spiro atoms. The van der Waals surface area contributed by atoms with Gasteiger partial charge in [0.05, 0.1) is 18.2 Å². The van der Waals surface area contributed by atoms with Crippen LogP contribution in [0.25, 0.3) is 16.7 Å². The van der Waals surface area contributed by atoms with Crippen LogP contribution in [-0.4, -0.2) is 27.7 Å². The molecule has 31 heavy (non-hydrogen) atoms. The minimum absolute atomic E-state index is 0.238. The van der Waals surface area contributed by atoms with Crippen molar-refractivity contribution in [2.24, 2.45) is 0 Å². The zero-order valence-corrected chi connectivity index (χ0v) is 17.3. The van der Waals surface area contributed by atoms with E-state index in [0.29, 0.717) is 17.1 Å². The Labute approximate surface area is 178 Å². The maximum Gasteiger partial charge on any atom is 0.273 e. The number of carbonyl (C=O) groups is 1. The van der Waals surface area contributed by atoms with Crippen LogP contribution >= 0.6 is 0 Å². The van der Waals surface area contributed by atoms with Crippen LogP contribution in [0.2, 0.25) is 0 Å². The van der Waals surface area contributed by atoms with Crippen molar-refractivity contribution in [3.8, 4) is 17.2 Å². The van der Waals surface area contributed by atoms with Gasteiger partial charge in [-0.15, -0.1) is 0 Å². The van der Waals surface area contributed by atoms with Gasteiger partial charge in [-0.1, -0.05) is 18.2 Å². The SMILES string of the molecule is COc1cccc(-n2c(=O)c(C(=O)Nc3cccc(C)c3C)c(O)c3cccnc32)c1. The van der Waals surface area contributed by atoms with E-state index in [-0.39, 0.29) is 16.6 Å². The molecule has 1 amide bonds. The first kappa shape index (κ1) is 20.2. The number of hydrogen-bond acceptors (Lipinski definition) is 5. The predicted molar refractivity (Wildman–Crippen MR) is 119 cm³/mol. The molecule has 7 nitrogen and oxygen atoms in total. The minimum Gasteiger partial charge on any atom is -0.506 e. The summed E-state index contributed by atoms with van der Waals surface area (Å²) in [5.74, 6) is -0.559. The number of aromatic hydroxyl groups is 1. The fraction of sp³-hybridized carbons (Fsp3) is 0.125. The molecule has 0 saturated carbocycles. The molecule has 0 bridgehead atoms. The Bertz CT molecular complexity index is 1380. The second kappa shape index (κ2) is 7.95. The van der Waals surface area contributed by atoms with Gasteiger partial charge in [0, 0.05) is 18.0 Å². The third kappa shape index (κ3) is 3.50. The molecular weight excluding hydrogens is 394 g/mol. The van der Waals surface area contributed by atoms with Crippen molar-refractivity contribution in [3.63, 3.8) is 0 Å². The number of rotatable bonds is 4. The summed E-state index contributed by atoms with van der Waals surface area (Å²) in [5.41, 5.74) is 2.12. The Hall–Kier alpha value is -4.13. The zero-order valence-electron chi connectivity index (χ0n) is 17.3. The first-order chi connectivity index (χ1) is 14.9. The molecule has 0 unspecified atom stereocenters. The van der Waals surface area contributed by atoms with Gasteiger partial charge in [-0.05, 0) is 55.3 Å². The quantitative estimate of drug-likeness (QED) is 0.526. The maximum atomic E-state index is 13.4. The highest BCUT2D eigenvalue weighted by Gasteiger charge is 2.24. The van der Waals surface area contributed by atoms with Crippen LogP contribution in [0.15, 0.2) is 65.6 Å². The number of methoxy groups -OCH3 is 1. The molecule has 0 aliphatic carbocycles. The van der Waals surface area contributed by atoms with E-state index < -0.39 is 17.2 Å². The highest BCUT2D eigenvalue weighted by molar-refractivity contribution is 6.09. The van der Waals surface area contributed by atoms with E-state index in [1.165, 1.54) is 17.9 Å². The third-order valence-electron chi connectivity index (χ3n) is 5.30. The number of aromatic nitrogens is 2. The number of benzene rings is 2. The molecule has 0 aliphatic heterocycles. The average Bonchev–Trinajstić information content (AvgIpc) is 2.77. The highest BCUT2D eigenvalue weighted by Crippen LogP contribution is 2.28. The Morgan fingerprint density at radius 3 is 2.65 bits per heavy atom. The van der Waals surface area contributed by atoms with Crippen LogP contribution in [0.4, 0.5) is 5.69 Å². The number of pyridine rings is 2. The van der Waals surface area contributed by atoms with E-state index in [2.05, 4.69) is 10.3 Å². The summed E-state index contributed by atoms with van der Waals surface area (Å²) >= 11 is 0. The molecule has 0 fully saturated rings. The van der Waals surface area contributed by atoms with Crippen molar-refractivity contribution in [2.45, 2.75) is 13.8 Å². The Morgan fingerprint density at radius 1 is 1.10 bits per heavy atom. The highest BCUT2D eigenvalue weighted by atomic mass is 16.5. The lowest BCUT2D eigenvalue weighted by atomic mass is 10.1. The average molecular weight is 415 g/mol. The van der Waals surface area contributed by atoms with Crippen LogP contribution in [0.3, 0.4) is 0 Å². The van der Waals surface area contributed by atoms with E-state index in [1.807, 2.05) is 26.0 Å². The van der Waals surface area contributed by atoms with E-state index in [1.54, 1.807) is 42.5 Å². The molecule has 2 N–H and O–H groups in total. The molecule has 2 aromatic carbocycles. The van der Waals surface area contributed by atoms with E-state index in [0.717, 1.165) is 11.1 Å². The van der Waals surface area contributed by atoms with Gasteiger partial charge < -0.3 is 15.2 Å². The number of nitrogens with one attached hydrogen (secondary N) is 1. The zero-order chi connectivity index (χ0) is 22.1. The smallest absolute Gasteiger partial charge is 0.273 e. The topological polar surface area (TPSA) is 93.5 Å². The van der Waals surface area contributed by atoms with Gasteiger partial charge in [-0.3, -0.25) is 14.2 Å². The van der Waals surface area contributed by atoms with Crippen LogP contribution in [0.5, 0.6) is 11.5 Å². The van der Waals surface area contributed by atoms with Crippen molar-refractivity contribution in [1.82, 2.24) is 9.55 Å². The van der Waals surface area contributed by atoms with Crippen LogP contribution in [0, 0.1) is 13.8 Å². The van der Waals surface area contributed by atoms with Crippen molar-refractivity contribution in [1.29, 1.82) is 0 Å². The molecule has 2 heterocycles. The van der Waals surface area contributed by atoms with Crippen LogP contribution in [0.1, 0.15) is 21.5 Å². The van der Waals surface area contributed by atoms with Crippen molar-refractivity contribution in [2.75, 3.05) is 12.4 Å². The predicted octanol–water partition coefficient (Wildman–Crippen LogP) is 3.97. The summed E-state index contributed by atoms with van der Waals surface area (Å²) in [6, 6.07) is 15.6. The lowest BCUT2D eigenvalue weighted by Gasteiger charge is -2.15. The molecular formula is C24H21N3O4. The summed E-state index contributed by atoms with van der Waals surface area (Å²) in [5, 5.41) is 13.9. The number of fused-ring (bicyclic) bond motifs is 1. The third-order valence-corrected chi connectivity index (χ3v) is 5.30. The normalized spacial score (nSPS) is 10.8. The van der Waals surface area contributed by atoms with E-state index in [9.17, 15) is 14.7 Å². The van der Waals surface area contributed by atoms with Gasteiger partial charge in [0.1, 0.15) is 17.1 Å². The summed E-state index contributed by atoms with van der Waals surface area (Å²) in [6.45, 7) is 3.81.